The SMILES string of the molecule is CNC(C)c1cc(Br)ccc1N1CCOCC1CO. The van der Waals surface area contributed by atoms with Gasteiger partial charge in [0.1, 0.15) is 0 Å². The Bertz CT molecular complexity index is 428. The zero-order valence-electron chi connectivity index (χ0n) is 11.4. The molecule has 0 spiro atoms. The summed E-state index contributed by atoms with van der Waals surface area (Å²) in [6.07, 6.45) is 0. The van der Waals surface area contributed by atoms with Crippen LogP contribution in [0.3, 0.4) is 0 Å². The lowest BCUT2D eigenvalue weighted by molar-refractivity contribution is 0.0726. The van der Waals surface area contributed by atoms with Crippen molar-refractivity contribution in [2.24, 2.45) is 0 Å². The number of rotatable bonds is 4. The third-order valence-electron chi connectivity index (χ3n) is 3.64. The van der Waals surface area contributed by atoms with E-state index in [9.17, 15) is 5.11 Å². The van der Waals surface area contributed by atoms with Crippen molar-refractivity contribution in [3.8, 4) is 0 Å². The number of aliphatic hydroxyl groups excluding tert-OH is 1. The summed E-state index contributed by atoms with van der Waals surface area (Å²) >= 11 is 3.53. The Kier molecular flexibility index (Phi) is 5.21. The van der Waals surface area contributed by atoms with Gasteiger partial charge >= 0.3 is 0 Å². The van der Waals surface area contributed by atoms with E-state index in [4.69, 9.17) is 4.74 Å². The van der Waals surface area contributed by atoms with Gasteiger partial charge in [0.2, 0.25) is 0 Å². The van der Waals surface area contributed by atoms with Crippen LogP contribution in [0.5, 0.6) is 0 Å². The molecule has 19 heavy (non-hydrogen) atoms. The minimum absolute atomic E-state index is 0.0396. The van der Waals surface area contributed by atoms with Crippen LogP contribution in [0.2, 0.25) is 0 Å². The highest BCUT2D eigenvalue weighted by Gasteiger charge is 2.25. The number of nitrogens with one attached hydrogen (secondary N) is 1. The molecule has 106 valence electrons. The van der Waals surface area contributed by atoms with Gasteiger partial charge in [0.25, 0.3) is 0 Å². The van der Waals surface area contributed by atoms with E-state index in [1.54, 1.807) is 0 Å². The molecule has 2 unspecified atom stereocenters. The van der Waals surface area contributed by atoms with Gasteiger partial charge in [0.15, 0.2) is 0 Å². The van der Waals surface area contributed by atoms with Crippen molar-refractivity contribution in [1.82, 2.24) is 5.32 Å². The van der Waals surface area contributed by atoms with Crippen LogP contribution in [-0.4, -0.2) is 44.6 Å². The molecule has 1 aliphatic rings. The maximum atomic E-state index is 9.52. The van der Waals surface area contributed by atoms with Gasteiger partial charge in [0, 0.05) is 22.7 Å². The average Bonchev–Trinajstić information content (AvgIpc) is 2.46. The van der Waals surface area contributed by atoms with Crippen LogP contribution in [0, 0.1) is 0 Å². The number of benzene rings is 1. The number of hydrogen-bond acceptors (Lipinski definition) is 4. The lowest BCUT2D eigenvalue weighted by Gasteiger charge is -2.38. The first-order valence-electron chi connectivity index (χ1n) is 6.59. The minimum atomic E-state index is 0.0396. The smallest absolute Gasteiger partial charge is 0.0755 e. The lowest BCUT2D eigenvalue weighted by Crippen LogP contribution is -2.48. The molecule has 1 aliphatic heterocycles. The number of hydrogen-bond donors (Lipinski definition) is 2. The summed E-state index contributed by atoms with van der Waals surface area (Å²) in [5.74, 6) is 0. The molecule has 0 aliphatic carbocycles. The Morgan fingerprint density at radius 1 is 1.58 bits per heavy atom. The molecule has 0 saturated carbocycles. The first-order chi connectivity index (χ1) is 9.17. The summed E-state index contributed by atoms with van der Waals surface area (Å²) in [4.78, 5) is 2.25. The zero-order valence-corrected chi connectivity index (χ0v) is 13.0. The van der Waals surface area contributed by atoms with E-state index in [-0.39, 0.29) is 18.7 Å². The normalized spacial score (nSPS) is 21.5. The quantitative estimate of drug-likeness (QED) is 0.886. The summed E-state index contributed by atoms with van der Waals surface area (Å²) in [7, 11) is 1.96. The maximum Gasteiger partial charge on any atom is 0.0755 e. The van der Waals surface area contributed by atoms with Gasteiger partial charge in [-0.3, -0.25) is 0 Å². The van der Waals surface area contributed by atoms with Crippen molar-refractivity contribution in [3.63, 3.8) is 0 Å². The molecule has 2 N–H and O–H groups in total. The highest BCUT2D eigenvalue weighted by atomic mass is 79.9. The van der Waals surface area contributed by atoms with Crippen molar-refractivity contribution in [2.45, 2.75) is 19.0 Å². The van der Waals surface area contributed by atoms with Gasteiger partial charge < -0.3 is 20.1 Å². The van der Waals surface area contributed by atoms with E-state index in [0.717, 1.165) is 11.0 Å². The Morgan fingerprint density at radius 3 is 3.05 bits per heavy atom. The molecule has 1 aromatic carbocycles. The summed E-state index contributed by atoms with van der Waals surface area (Å²) in [5.41, 5.74) is 2.41. The number of morpholine rings is 1. The third kappa shape index (κ3) is 3.28. The van der Waals surface area contributed by atoms with E-state index in [2.05, 4.69) is 45.2 Å². The molecule has 4 nitrogen and oxygen atoms in total. The Morgan fingerprint density at radius 2 is 2.37 bits per heavy atom. The number of aliphatic hydroxyl groups is 1. The van der Waals surface area contributed by atoms with Crippen LogP contribution in [0.15, 0.2) is 22.7 Å². The fraction of sp³-hybridized carbons (Fsp3) is 0.571. The van der Waals surface area contributed by atoms with Crippen LogP contribution >= 0.6 is 15.9 Å². The first kappa shape index (κ1) is 14.8. The van der Waals surface area contributed by atoms with Crippen LogP contribution in [-0.2, 0) is 4.74 Å². The predicted molar refractivity (Wildman–Crippen MR) is 80.7 cm³/mol. The molecular formula is C14H21BrN2O2. The van der Waals surface area contributed by atoms with Crippen LogP contribution in [0.4, 0.5) is 5.69 Å². The van der Waals surface area contributed by atoms with Crippen molar-refractivity contribution in [3.05, 3.63) is 28.2 Å². The Labute approximate surface area is 122 Å². The summed E-state index contributed by atoms with van der Waals surface area (Å²) < 4.78 is 6.52. The fourth-order valence-electron chi connectivity index (χ4n) is 2.41. The predicted octanol–water partition coefficient (Wildman–Crippen LogP) is 1.93. The third-order valence-corrected chi connectivity index (χ3v) is 4.13. The first-order valence-corrected chi connectivity index (χ1v) is 7.38. The number of nitrogens with zero attached hydrogens (tertiary/aromatic N) is 1. The van der Waals surface area contributed by atoms with E-state index >= 15 is 0 Å². The Balaban J connectivity index is 2.36. The van der Waals surface area contributed by atoms with Gasteiger partial charge in [-0.2, -0.15) is 0 Å². The summed E-state index contributed by atoms with van der Waals surface area (Å²) in [5, 5.41) is 12.8. The molecule has 1 heterocycles. The molecule has 5 heteroatoms. The molecule has 1 fully saturated rings. The maximum absolute atomic E-state index is 9.52. The lowest BCUT2D eigenvalue weighted by atomic mass is 10.0. The summed E-state index contributed by atoms with van der Waals surface area (Å²) in [6.45, 7) is 4.36. The molecular weight excluding hydrogens is 308 g/mol. The van der Waals surface area contributed by atoms with Crippen LogP contribution in [0.1, 0.15) is 18.5 Å². The highest BCUT2D eigenvalue weighted by molar-refractivity contribution is 9.10. The van der Waals surface area contributed by atoms with Crippen LogP contribution in [0.25, 0.3) is 0 Å². The van der Waals surface area contributed by atoms with Crippen molar-refractivity contribution < 1.29 is 9.84 Å². The summed E-state index contributed by atoms with van der Waals surface area (Å²) in [6, 6.07) is 6.60. The van der Waals surface area contributed by atoms with E-state index < -0.39 is 0 Å². The second-order valence-corrected chi connectivity index (χ2v) is 5.73. The molecule has 0 radical (unpaired) electrons. The van der Waals surface area contributed by atoms with Gasteiger partial charge in [-0.25, -0.2) is 0 Å². The molecule has 2 atom stereocenters. The van der Waals surface area contributed by atoms with Gasteiger partial charge in [-0.1, -0.05) is 15.9 Å². The fourth-order valence-corrected chi connectivity index (χ4v) is 2.79. The monoisotopic (exact) mass is 328 g/mol. The van der Waals surface area contributed by atoms with Crippen molar-refractivity contribution in [2.75, 3.05) is 38.3 Å². The highest BCUT2D eigenvalue weighted by Crippen LogP contribution is 2.31. The largest absolute Gasteiger partial charge is 0.394 e. The molecule has 0 aromatic heterocycles. The second-order valence-electron chi connectivity index (χ2n) is 4.82. The number of halogens is 1. The van der Waals surface area contributed by atoms with Gasteiger partial charge in [-0.15, -0.1) is 0 Å². The van der Waals surface area contributed by atoms with Gasteiger partial charge in [-0.05, 0) is 37.7 Å². The van der Waals surface area contributed by atoms with Gasteiger partial charge in [0.05, 0.1) is 25.9 Å². The topological polar surface area (TPSA) is 44.7 Å². The molecule has 0 amide bonds. The molecule has 2 rings (SSSR count). The number of ether oxygens (including phenoxy) is 1. The van der Waals surface area contributed by atoms with E-state index in [1.807, 2.05) is 13.1 Å². The number of anilines is 1. The minimum Gasteiger partial charge on any atom is -0.394 e. The van der Waals surface area contributed by atoms with Crippen molar-refractivity contribution >= 4 is 21.6 Å². The zero-order chi connectivity index (χ0) is 13.8. The molecule has 1 aromatic rings. The van der Waals surface area contributed by atoms with E-state index in [0.29, 0.717) is 13.2 Å². The van der Waals surface area contributed by atoms with Crippen LogP contribution < -0.4 is 10.2 Å². The standard InChI is InChI=1S/C14H21BrN2O2/c1-10(16-2)13-7-11(15)3-4-14(13)17-5-6-19-9-12(17)8-18/h3-4,7,10,12,16,18H,5-6,8-9H2,1-2H3. The average molecular weight is 329 g/mol. The van der Waals surface area contributed by atoms with E-state index in [1.165, 1.54) is 11.3 Å². The molecule has 1 saturated heterocycles. The molecule has 0 bridgehead atoms. The Hall–Kier alpha value is -0.620. The van der Waals surface area contributed by atoms with Crippen molar-refractivity contribution in [1.29, 1.82) is 0 Å². The second kappa shape index (κ2) is 6.70.